The van der Waals surface area contributed by atoms with Gasteiger partial charge in [-0.1, -0.05) is 23.8 Å². The van der Waals surface area contributed by atoms with Crippen LogP contribution in [0.4, 0.5) is 0 Å². The number of hydrogen-bond donors (Lipinski definition) is 0. The second-order valence-corrected chi connectivity index (χ2v) is 4.22. The van der Waals surface area contributed by atoms with Crippen LogP contribution < -0.4 is 0 Å². The molecule has 1 aromatic rings. The van der Waals surface area contributed by atoms with Gasteiger partial charge in [-0.15, -0.1) is 0 Å². The van der Waals surface area contributed by atoms with Crippen molar-refractivity contribution in [2.24, 2.45) is 0 Å². The minimum Gasteiger partial charge on any atom is -0.335 e. The molecular formula is C12H13ClN2O. The summed E-state index contributed by atoms with van der Waals surface area (Å²) in [4.78, 5) is 18.0. The number of amides is 1. The minimum absolute atomic E-state index is 0.0400. The van der Waals surface area contributed by atoms with Crippen molar-refractivity contribution in [3.63, 3.8) is 0 Å². The first-order valence-corrected chi connectivity index (χ1v) is 5.62. The maximum Gasteiger partial charge on any atom is 0.257 e. The summed E-state index contributed by atoms with van der Waals surface area (Å²) < 4.78 is 0. The van der Waals surface area contributed by atoms with Gasteiger partial charge in [-0.3, -0.25) is 9.78 Å². The van der Waals surface area contributed by atoms with E-state index in [1.165, 1.54) is 0 Å². The summed E-state index contributed by atoms with van der Waals surface area (Å²) in [6.45, 7) is 3.26. The van der Waals surface area contributed by atoms with E-state index >= 15 is 0 Å². The number of hydrogen-bond acceptors (Lipinski definition) is 2. The Morgan fingerprint density at radius 1 is 1.50 bits per heavy atom. The average Bonchev–Trinajstić information content (AvgIpc) is 2.29. The van der Waals surface area contributed by atoms with Gasteiger partial charge in [0.2, 0.25) is 0 Å². The Morgan fingerprint density at radius 2 is 2.31 bits per heavy atom. The van der Waals surface area contributed by atoms with Crippen molar-refractivity contribution in [1.82, 2.24) is 9.88 Å². The lowest BCUT2D eigenvalue weighted by atomic mass is 10.2. The molecule has 0 fully saturated rings. The van der Waals surface area contributed by atoms with E-state index in [0.29, 0.717) is 17.1 Å². The van der Waals surface area contributed by atoms with E-state index in [4.69, 9.17) is 11.6 Å². The predicted octanol–water partition coefficient (Wildman–Crippen LogP) is 2.45. The molecule has 0 bridgehead atoms. The minimum atomic E-state index is -0.0400. The molecule has 1 aliphatic heterocycles. The molecule has 0 saturated carbocycles. The Morgan fingerprint density at radius 3 is 2.94 bits per heavy atom. The Labute approximate surface area is 99.7 Å². The van der Waals surface area contributed by atoms with Crippen molar-refractivity contribution in [1.29, 1.82) is 0 Å². The molecule has 84 valence electrons. The van der Waals surface area contributed by atoms with Crippen LogP contribution in [0.1, 0.15) is 22.5 Å². The van der Waals surface area contributed by atoms with Crippen LogP contribution in [0.25, 0.3) is 0 Å². The zero-order valence-electron chi connectivity index (χ0n) is 9.11. The molecule has 1 amide bonds. The van der Waals surface area contributed by atoms with Crippen LogP contribution in [0.3, 0.4) is 0 Å². The van der Waals surface area contributed by atoms with Gasteiger partial charge in [0, 0.05) is 25.0 Å². The zero-order chi connectivity index (χ0) is 11.5. The highest BCUT2D eigenvalue weighted by Crippen LogP contribution is 2.18. The molecule has 0 aromatic carbocycles. The standard InChI is InChI=1S/C12H13ClN2O/c1-9-7-11(13)10(8-14-9)12(16)15-5-3-2-4-6-15/h2-3,7-8H,4-6H2,1H3. The van der Waals surface area contributed by atoms with Crippen LogP contribution in [0, 0.1) is 6.92 Å². The van der Waals surface area contributed by atoms with Gasteiger partial charge in [-0.2, -0.15) is 0 Å². The van der Waals surface area contributed by atoms with E-state index in [1.807, 2.05) is 13.0 Å². The number of halogens is 1. The summed E-state index contributed by atoms with van der Waals surface area (Å²) in [5.41, 5.74) is 1.31. The number of carbonyl (C=O) groups is 1. The van der Waals surface area contributed by atoms with Crippen LogP contribution >= 0.6 is 11.6 Å². The van der Waals surface area contributed by atoms with Gasteiger partial charge in [-0.05, 0) is 19.4 Å². The molecule has 0 spiro atoms. The van der Waals surface area contributed by atoms with E-state index in [-0.39, 0.29) is 5.91 Å². The van der Waals surface area contributed by atoms with E-state index in [1.54, 1.807) is 17.2 Å². The smallest absolute Gasteiger partial charge is 0.257 e. The van der Waals surface area contributed by atoms with Gasteiger partial charge in [-0.25, -0.2) is 0 Å². The van der Waals surface area contributed by atoms with Gasteiger partial charge in [0.05, 0.1) is 10.6 Å². The van der Waals surface area contributed by atoms with Gasteiger partial charge >= 0.3 is 0 Å². The number of aryl methyl sites for hydroxylation is 1. The third kappa shape index (κ3) is 2.25. The fourth-order valence-electron chi connectivity index (χ4n) is 1.68. The molecule has 1 aromatic heterocycles. The quantitative estimate of drug-likeness (QED) is 0.702. The normalized spacial score (nSPS) is 15.2. The molecule has 0 unspecified atom stereocenters. The zero-order valence-corrected chi connectivity index (χ0v) is 9.87. The maximum atomic E-state index is 12.1. The number of aromatic nitrogens is 1. The highest BCUT2D eigenvalue weighted by atomic mass is 35.5. The van der Waals surface area contributed by atoms with Gasteiger partial charge < -0.3 is 4.90 Å². The van der Waals surface area contributed by atoms with E-state index in [9.17, 15) is 4.79 Å². The largest absolute Gasteiger partial charge is 0.335 e. The van der Waals surface area contributed by atoms with Crippen LogP contribution in [-0.4, -0.2) is 28.9 Å². The predicted molar refractivity (Wildman–Crippen MR) is 63.6 cm³/mol. The fourth-order valence-corrected chi connectivity index (χ4v) is 1.97. The maximum absolute atomic E-state index is 12.1. The molecule has 3 nitrogen and oxygen atoms in total. The highest BCUT2D eigenvalue weighted by molar-refractivity contribution is 6.33. The van der Waals surface area contributed by atoms with Gasteiger partial charge in [0.25, 0.3) is 5.91 Å². The molecule has 0 atom stereocenters. The monoisotopic (exact) mass is 236 g/mol. The number of rotatable bonds is 1. The second kappa shape index (κ2) is 4.66. The Balaban J connectivity index is 2.23. The summed E-state index contributed by atoms with van der Waals surface area (Å²) in [6.07, 6.45) is 6.54. The first kappa shape index (κ1) is 11.1. The summed E-state index contributed by atoms with van der Waals surface area (Å²) >= 11 is 6.04. The second-order valence-electron chi connectivity index (χ2n) is 3.82. The molecule has 0 N–H and O–H groups in total. The Kier molecular flexibility index (Phi) is 3.25. The summed E-state index contributed by atoms with van der Waals surface area (Å²) in [7, 11) is 0. The third-order valence-corrected chi connectivity index (χ3v) is 2.88. The van der Waals surface area contributed by atoms with Crippen LogP contribution in [0.15, 0.2) is 24.4 Å². The van der Waals surface area contributed by atoms with Crippen molar-refractivity contribution in [2.45, 2.75) is 13.3 Å². The SMILES string of the molecule is Cc1cc(Cl)c(C(=O)N2CC=CCC2)cn1. The summed E-state index contributed by atoms with van der Waals surface area (Å²) in [5, 5.41) is 0.479. The summed E-state index contributed by atoms with van der Waals surface area (Å²) in [5.74, 6) is -0.0400. The molecular weight excluding hydrogens is 224 g/mol. The van der Waals surface area contributed by atoms with E-state index in [0.717, 1.165) is 18.7 Å². The van der Waals surface area contributed by atoms with Crippen LogP contribution in [-0.2, 0) is 0 Å². The molecule has 0 saturated heterocycles. The van der Waals surface area contributed by atoms with Crippen LogP contribution in [0.2, 0.25) is 5.02 Å². The molecule has 2 rings (SSSR count). The molecule has 2 heterocycles. The van der Waals surface area contributed by atoms with E-state index < -0.39 is 0 Å². The fraction of sp³-hybridized carbons (Fsp3) is 0.333. The third-order valence-electron chi connectivity index (χ3n) is 2.57. The van der Waals surface area contributed by atoms with Gasteiger partial charge in [0.1, 0.15) is 0 Å². The lowest BCUT2D eigenvalue weighted by molar-refractivity contribution is 0.0771. The van der Waals surface area contributed by atoms with Crippen LogP contribution in [0.5, 0.6) is 0 Å². The van der Waals surface area contributed by atoms with Crippen molar-refractivity contribution >= 4 is 17.5 Å². The molecule has 0 radical (unpaired) electrons. The first-order chi connectivity index (χ1) is 7.68. The van der Waals surface area contributed by atoms with Crippen molar-refractivity contribution in [3.05, 3.63) is 40.7 Å². The molecule has 16 heavy (non-hydrogen) atoms. The highest BCUT2D eigenvalue weighted by Gasteiger charge is 2.18. The van der Waals surface area contributed by atoms with Crippen molar-refractivity contribution in [3.8, 4) is 0 Å². The number of pyridine rings is 1. The Bertz CT molecular complexity index is 443. The van der Waals surface area contributed by atoms with E-state index in [2.05, 4.69) is 11.1 Å². The molecule has 4 heteroatoms. The lowest BCUT2D eigenvalue weighted by Gasteiger charge is -2.23. The summed E-state index contributed by atoms with van der Waals surface area (Å²) in [6, 6.07) is 1.72. The lowest BCUT2D eigenvalue weighted by Crippen LogP contribution is -2.34. The molecule has 0 aliphatic carbocycles. The van der Waals surface area contributed by atoms with Gasteiger partial charge in [0.15, 0.2) is 0 Å². The molecule has 1 aliphatic rings. The van der Waals surface area contributed by atoms with Crippen molar-refractivity contribution < 1.29 is 4.79 Å². The van der Waals surface area contributed by atoms with Crippen molar-refractivity contribution in [2.75, 3.05) is 13.1 Å². The topological polar surface area (TPSA) is 33.2 Å². The first-order valence-electron chi connectivity index (χ1n) is 5.25. The Hall–Kier alpha value is -1.35. The average molecular weight is 237 g/mol. The number of nitrogens with zero attached hydrogens (tertiary/aromatic N) is 2. The number of carbonyl (C=O) groups excluding carboxylic acids is 1.